The third-order valence-electron chi connectivity index (χ3n) is 5.64. The van der Waals surface area contributed by atoms with Gasteiger partial charge in [0.1, 0.15) is 11.8 Å². The lowest BCUT2D eigenvalue weighted by atomic mass is 9.96. The molecule has 1 aromatic heterocycles. The van der Waals surface area contributed by atoms with E-state index < -0.39 is 12.0 Å². The molecule has 3 rings (SSSR count). The summed E-state index contributed by atoms with van der Waals surface area (Å²) in [7, 11) is 0. The third kappa shape index (κ3) is 4.90. The van der Waals surface area contributed by atoms with Gasteiger partial charge < -0.3 is 20.0 Å². The predicted molar refractivity (Wildman–Crippen MR) is 114 cm³/mol. The Morgan fingerprint density at radius 1 is 1.20 bits per heavy atom. The number of nitrogens with zero attached hydrogens (tertiary/aromatic N) is 1. The molecule has 7 heteroatoms. The minimum Gasteiger partial charge on any atom is -0.467 e. The molecule has 1 aliphatic rings. The lowest BCUT2D eigenvalue weighted by Crippen LogP contribution is -2.46. The summed E-state index contributed by atoms with van der Waals surface area (Å²) in [6, 6.07) is 10.7. The highest BCUT2D eigenvalue weighted by Gasteiger charge is 2.37. The van der Waals surface area contributed by atoms with E-state index in [0.29, 0.717) is 18.2 Å². The molecule has 1 fully saturated rings. The van der Waals surface area contributed by atoms with Gasteiger partial charge in [-0.15, -0.1) is 0 Å². The molecule has 2 heterocycles. The van der Waals surface area contributed by atoms with Gasteiger partial charge >= 0.3 is 0 Å². The number of amides is 3. The Bertz CT molecular complexity index is 894. The van der Waals surface area contributed by atoms with Gasteiger partial charge in [0, 0.05) is 18.7 Å². The zero-order valence-corrected chi connectivity index (χ0v) is 17.7. The normalized spacial score (nSPS) is 18.2. The van der Waals surface area contributed by atoms with Crippen LogP contribution in [-0.2, 0) is 20.9 Å². The van der Waals surface area contributed by atoms with E-state index >= 15 is 0 Å². The highest BCUT2D eigenvalue weighted by molar-refractivity contribution is 6.01. The van der Waals surface area contributed by atoms with Crippen LogP contribution in [0.3, 0.4) is 0 Å². The first-order valence-corrected chi connectivity index (χ1v) is 10.4. The molecular formula is C23H29N3O4. The molecule has 30 heavy (non-hydrogen) atoms. The monoisotopic (exact) mass is 411 g/mol. The SMILES string of the molecule is CCC(C)c1ccccc1N1CC(C(=O)NC(C)C(=O)NCc2ccco2)CC1=O. The van der Waals surface area contributed by atoms with Crippen molar-refractivity contribution in [1.82, 2.24) is 10.6 Å². The van der Waals surface area contributed by atoms with Crippen molar-refractivity contribution in [2.24, 2.45) is 5.92 Å². The molecule has 0 bridgehead atoms. The van der Waals surface area contributed by atoms with Crippen LogP contribution in [-0.4, -0.2) is 30.3 Å². The lowest BCUT2D eigenvalue weighted by molar-refractivity contribution is -0.131. The zero-order chi connectivity index (χ0) is 21.7. The van der Waals surface area contributed by atoms with Crippen LogP contribution < -0.4 is 15.5 Å². The Kier molecular flexibility index (Phi) is 6.92. The first kappa shape index (κ1) is 21.6. The number of carbonyl (C=O) groups excluding carboxylic acids is 3. The maximum atomic E-state index is 12.7. The minimum absolute atomic E-state index is 0.0687. The second kappa shape index (κ2) is 9.61. The highest BCUT2D eigenvalue weighted by atomic mass is 16.3. The van der Waals surface area contributed by atoms with Gasteiger partial charge in [-0.3, -0.25) is 14.4 Å². The van der Waals surface area contributed by atoms with E-state index in [-0.39, 0.29) is 30.7 Å². The Hall–Kier alpha value is -3.09. The van der Waals surface area contributed by atoms with Crippen molar-refractivity contribution in [3.8, 4) is 0 Å². The topological polar surface area (TPSA) is 91.7 Å². The van der Waals surface area contributed by atoms with Crippen LogP contribution in [0.25, 0.3) is 0 Å². The fraction of sp³-hybridized carbons (Fsp3) is 0.435. The van der Waals surface area contributed by atoms with Crippen LogP contribution in [0.5, 0.6) is 0 Å². The van der Waals surface area contributed by atoms with Gasteiger partial charge in [-0.05, 0) is 43.0 Å². The molecule has 0 aliphatic carbocycles. The van der Waals surface area contributed by atoms with Crippen LogP contribution in [0.4, 0.5) is 5.69 Å². The Morgan fingerprint density at radius 2 is 1.97 bits per heavy atom. The lowest BCUT2D eigenvalue weighted by Gasteiger charge is -2.23. The standard InChI is InChI=1S/C23H29N3O4/c1-4-15(2)19-9-5-6-10-20(19)26-14-17(12-21(26)27)23(29)25-16(3)22(28)24-13-18-8-7-11-30-18/h5-11,15-17H,4,12-14H2,1-3H3,(H,24,28)(H,25,29). The summed E-state index contributed by atoms with van der Waals surface area (Å²) in [6.45, 7) is 6.45. The molecule has 3 atom stereocenters. The summed E-state index contributed by atoms with van der Waals surface area (Å²) in [6.07, 6.45) is 2.64. The van der Waals surface area contributed by atoms with Crippen LogP contribution in [0.15, 0.2) is 47.1 Å². The third-order valence-corrected chi connectivity index (χ3v) is 5.64. The molecule has 0 spiro atoms. The summed E-state index contributed by atoms with van der Waals surface area (Å²) in [5.41, 5.74) is 1.98. The summed E-state index contributed by atoms with van der Waals surface area (Å²) in [5.74, 6) is -0.183. The van der Waals surface area contributed by atoms with Gasteiger partial charge in [0.05, 0.1) is 18.7 Å². The van der Waals surface area contributed by atoms with Crippen molar-refractivity contribution >= 4 is 23.4 Å². The fourth-order valence-corrected chi connectivity index (χ4v) is 3.62. The molecule has 0 saturated carbocycles. The van der Waals surface area contributed by atoms with Crippen molar-refractivity contribution in [1.29, 1.82) is 0 Å². The first-order chi connectivity index (χ1) is 14.4. The summed E-state index contributed by atoms with van der Waals surface area (Å²) < 4.78 is 5.18. The van der Waals surface area contributed by atoms with Crippen molar-refractivity contribution in [3.63, 3.8) is 0 Å². The number of furan rings is 1. The highest BCUT2D eigenvalue weighted by Crippen LogP contribution is 2.33. The number of benzene rings is 1. The molecule has 3 unspecified atom stereocenters. The van der Waals surface area contributed by atoms with Crippen LogP contribution in [0, 0.1) is 5.92 Å². The number of hydrogen-bond acceptors (Lipinski definition) is 4. The summed E-state index contributed by atoms with van der Waals surface area (Å²) in [4.78, 5) is 39.3. The molecule has 0 radical (unpaired) electrons. The van der Waals surface area contributed by atoms with Gasteiger partial charge in [-0.25, -0.2) is 0 Å². The second-order valence-corrected chi connectivity index (χ2v) is 7.80. The van der Waals surface area contributed by atoms with E-state index in [1.54, 1.807) is 24.0 Å². The van der Waals surface area contributed by atoms with Crippen LogP contribution in [0.1, 0.15) is 50.9 Å². The molecule has 1 saturated heterocycles. The van der Waals surface area contributed by atoms with Crippen molar-refractivity contribution in [2.45, 2.75) is 52.1 Å². The maximum Gasteiger partial charge on any atom is 0.242 e. The zero-order valence-electron chi connectivity index (χ0n) is 17.7. The number of nitrogens with one attached hydrogen (secondary N) is 2. The summed E-state index contributed by atoms with van der Waals surface area (Å²) >= 11 is 0. The molecule has 2 aromatic rings. The van der Waals surface area contributed by atoms with Crippen molar-refractivity contribution in [3.05, 3.63) is 54.0 Å². The molecule has 2 N–H and O–H groups in total. The average Bonchev–Trinajstić information content (AvgIpc) is 3.41. The fourth-order valence-electron chi connectivity index (χ4n) is 3.62. The van der Waals surface area contributed by atoms with E-state index in [4.69, 9.17) is 4.42 Å². The molecule has 1 aliphatic heterocycles. The summed E-state index contributed by atoms with van der Waals surface area (Å²) in [5, 5.41) is 5.46. The number of carbonyl (C=O) groups is 3. The Morgan fingerprint density at radius 3 is 2.67 bits per heavy atom. The molecular weight excluding hydrogens is 382 g/mol. The quantitative estimate of drug-likeness (QED) is 0.699. The van der Waals surface area contributed by atoms with Gasteiger partial charge in [-0.1, -0.05) is 32.0 Å². The first-order valence-electron chi connectivity index (χ1n) is 10.4. The maximum absolute atomic E-state index is 12.7. The van der Waals surface area contributed by atoms with Crippen molar-refractivity contribution in [2.75, 3.05) is 11.4 Å². The smallest absolute Gasteiger partial charge is 0.242 e. The Balaban J connectivity index is 1.59. The minimum atomic E-state index is -0.705. The van der Waals surface area contributed by atoms with E-state index in [2.05, 4.69) is 24.5 Å². The van der Waals surface area contributed by atoms with E-state index in [0.717, 1.165) is 17.7 Å². The van der Waals surface area contributed by atoms with Crippen molar-refractivity contribution < 1.29 is 18.8 Å². The number of anilines is 1. The van der Waals surface area contributed by atoms with Gasteiger partial charge in [-0.2, -0.15) is 0 Å². The second-order valence-electron chi connectivity index (χ2n) is 7.80. The largest absolute Gasteiger partial charge is 0.467 e. The number of para-hydroxylation sites is 1. The van der Waals surface area contributed by atoms with Gasteiger partial charge in [0.25, 0.3) is 0 Å². The van der Waals surface area contributed by atoms with Gasteiger partial charge in [0.2, 0.25) is 17.7 Å². The van der Waals surface area contributed by atoms with Crippen LogP contribution in [0.2, 0.25) is 0 Å². The molecule has 3 amide bonds. The molecule has 160 valence electrons. The number of rotatable bonds is 8. The predicted octanol–water partition coefficient (Wildman–Crippen LogP) is 2.97. The molecule has 7 nitrogen and oxygen atoms in total. The average molecular weight is 412 g/mol. The van der Waals surface area contributed by atoms with Crippen LogP contribution >= 0.6 is 0 Å². The van der Waals surface area contributed by atoms with Gasteiger partial charge in [0.15, 0.2) is 0 Å². The van der Waals surface area contributed by atoms with E-state index in [1.807, 2.05) is 24.3 Å². The molecule has 1 aromatic carbocycles. The van der Waals surface area contributed by atoms with E-state index in [9.17, 15) is 14.4 Å². The number of hydrogen-bond donors (Lipinski definition) is 2. The Labute approximate surface area is 176 Å². The van der Waals surface area contributed by atoms with E-state index in [1.165, 1.54) is 6.26 Å².